The van der Waals surface area contributed by atoms with Gasteiger partial charge in [-0.2, -0.15) is 4.31 Å². The Morgan fingerprint density at radius 3 is 2.60 bits per heavy atom. The Kier molecular flexibility index (Phi) is 6.63. The summed E-state index contributed by atoms with van der Waals surface area (Å²) < 4.78 is 40.8. The molecule has 1 aromatic carbocycles. The monoisotopic (exact) mass is 372 g/mol. The standard InChI is InChI=1S/C16H24N2O6S/c1-22-14-7-6-12(9-15(14)23-2)17-16(19)11-18(25(3,20)21)10-13-5-4-8-24-13/h6-7,9,13H,4-5,8,10-11H2,1-3H3,(H,17,19). The van der Waals surface area contributed by atoms with Crippen LogP contribution in [-0.4, -0.2) is 64.9 Å². The molecule has 9 heteroatoms. The lowest BCUT2D eigenvalue weighted by Gasteiger charge is -2.22. The Balaban J connectivity index is 2.03. The van der Waals surface area contributed by atoms with Gasteiger partial charge in [0.1, 0.15) is 0 Å². The molecule has 25 heavy (non-hydrogen) atoms. The molecule has 2 rings (SSSR count). The number of anilines is 1. The third-order valence-corrected chi connectivity index (χ3v) is 5.10. The molecule has 1 N–H and O–H groups in total. The second-order valence-corrected chi connectivity index (χ2v) is 7.79. The number of hydrogen-bond acceptors (Lipinski definition) is 6. The lowest BCUT2D eigenvalue weighted by Crippen LogP contribution is -2.41. The molecular formula is C16H24N2O6S. The second kappa shape index (κ2) is 8.50. The Bertz CT molecular complexity index is 701. The molecule has 0 bridgehead atoms. The van der Waals surface area contributed by atoms with Crippen molar-refractivity contribution in [3.63, 3.8) is 0 Å². The van der Waals surface area contributed by atoms with Gasteiger partial charge in [0.05, 0.1) is 33.1 Å². The van der Waals surface area contributed by atoms with Crippen LogP contribution in [0.3, 0.4) is 0 Å². The molecular weight excluding hydrogens is 348 g/mol. The Morgan fingerprint density at radius 1 is 1.32 bits per heavy atom. The molecule has 0 spiro atoms. The molecule has 1 aliphatic heterocycles. The molecule has 0 aromatic heterocycles. The molecule has 1 heterocycles. The highest BCUT2D eigenvalue weighted by Gasteiger charge is 2.26. The van der Waals surface area contributed by atoms with Crippen molar-refractivity contribution in [2.75, 3.05) is 45.5 Å². The summed E-state index contributed by atoms with van der Waals surface area (Å²) in [5.74, 6) is 0.576. The summed E-state index contributed by atoms with van der Waals surface area (Å²) >= 11 is 0. The van der Waals surface area contributed by atoms with Gasteiger partial charge in [0.2, 0.25) is 15.9 Å². The Morgan fingerprint density at radius 2 is 2.04 bits per heavy atom. The number of nitrogens with one attached hydrogen (secondary N) is 1. The van der Waals surface area contributed by atoms with Crippen molar-refractivity contribution >= 4 is 21.6 Å². The van der Waals surface area contributed by atoms with Gasteiger partial charge in [-0.25, -0.2) is 8.42 Å². The zero-order valence-electron chi connectivity index (χ0n) is 14.6. The van der Waals surface area contributed by atoms with E-state index in [2.05, 4.69) is 5.32 Å². The maximum atomic E-state index is 12.3. The third-order valence-electron chi connectivity index (χ3n) is 3.89. The molecule has 1 aromatic rings. The number of amides is 1. The van der Waals surface area contributed by atoms with Crippen LogP contribution in [0.1, 0.15) is 12.8 Å². The van der Waals surface area contributed by atoms with E-state index in [9.17, 15) is 13.2 Å². The van der Waals surface area contributed by atoms with Crippen molar-refractivity contribution in [1.29, 1.82) is 0 Å². The van der Waals surface area contributed by atoms with E-state index in [1.807, 2.05) is 0 Å². The van der Waals surface area contributed by atoms with Gasteiger partial charge in [-0.15, -0.1) is 0 Å². The largest absolute Gasteiger partial charge is 0.493 e. The van der Waals surface area contributed by atoms with Crippen LogP contribution in [0.2, 0.25) is 0 Å². The van der Waals surface area contributed by atoms with E-state index in [1.54, 1.807) is 18.2 Å². The zero-order chi connectivity index (χ0) is 18.4. The van der Waals surface area contributed by atoms with Crippen LogP contribution < -0.4 is 14.8 Å². The minimum atomic E-state index is -3.52. The fourth-order valence-electron chi connectivity index (χ4n) is 2.61. The van der Waals surface area contributed by atoms with E-state index in [0.717, 1.165) is 23.4 Å². The first kappa shape index (κ1) is 19.5. The van der Waals surface area contributed by atoms with Gasteiger partial charge < -0.3 is 19.5 Å². The van der Waals surface area contributed by atoms with E-state index in [-0.39, 0.29) is 19.2 Å². The van der Waals surface area contributed by atoms with Gasteiger partial charge >= 0.3 is 0 Å². The van der Waals surface area contributed by atoms with Gasteiger partial charge in [-0.3, -0.25) is 4.79 Å². The summed E-state index contributed by atoms with van der Waals surface area (Å²) in [6, 6.07) is 4.93. The van der Waals surface area contributed by atoms with Crippen molar-refractivity contribution in [3.05, 3.63) is 18.2 Å². The van der Waals surface area contributed by atoms with Crippen molar-refractivity contribution < 1.29 is 27.4 Å². The van der Waals surface area contributed by atoms with Gasteiger partial charge in [0.15, 0.2) is 11.5 Å². The predicted octanol–water partition coefficient (Wildman–Crippen LogP) is 1.08. The van der Waals surface area contributed by atoms with Crippen molar-refractivity contribution in [2.24, 2.45) is 0 Å². The summed E-state index contributed by atoms with van der Waals surface area (Å²) in [6.07, 6.45) is 2.62. The number of methoxy groups -OCH3 is 2. The fourth-order valence-corrected chi connectivity index (χ4v) is 3.40. The van der Waals surface area contributed by atoms with Gasteiger partial charge in [0, 0.05) is 24.9 Å². The fraction of sp³-hybridized carbons (Fsp3) is 0.562. The van der Waals surface area contributed by atoms with Gasteiger partial charge in [0.25, 0.3) is 0 Å². The quantitative estimate of drug-likeness (QED) is 0.734. The molecule has 1 amide bonds. The highest BCUT2D eigenvalue weighted by atomic mass is 32.2. The number of carbonyl (C=O) groups excluding carboxylic acids is 1. The molecule has 0 aliphatic carbocycles. The average Bonchev–Trinajstić information content (AvgIpc) is 3.06. The molecule has 0 radical (unpaired) electrons. The van der Waals surface area contributed by atoms with Crippen LogP contribution in [0, 0.1) is 0 Å². The highest BCUT2D eigenvalue weighted by molar-refractivity contribution is 7.88. The number of benzene rings is 1. The lowest BCUT2D eigenvalue weighted by molar-refractivity contribution is -0.116. The second-order valence-electron chi connectivity index (χ2n) is 5.81. The zero-order valence-corrected chi connectivity index (χ0v) is 15.5. The van der Waals surface area contributed by atoms with E-state index in [1.165, 1.54) is 14.2 Å². The molecule has 1 aliphatic rings. The summed E-state index contributed by atoms with van der Waals surface area (Å²) in [5, 5.41) is 2.67. The highest BCUT2D eigenvalue weighted by Crippen LogP contribution is 2.29. The summed E-state index contributed by atoms with van der Waals surface area (Å²) in [5.41, 5.74) is 0.494. The van der Waals surface area contributed by atoms with Crippen LogP contribution in [0.25, 0.3) is 0 Å². The molecule has 0 saturated carbocycles. The predicted molar refractivity (Wildman–Crippen MR) is 93.6 cm³/mol. The minimum Gasteiger partial charge on any atom is -0.493 e. The summed E-state index contributed by atoms with van der Waals surface area (Å²) in [4.78, 5) is 12.3. The SMILES string of the molecule is COc1ccc(NC(=O)CN(CC2CCCO2)S(C)(=O)=O)cc1OC. The van der Waals surface area contributed by atoms with Crippen LogP contribution >= 0.6 is 0 Å². The maximum Gasteiger partial charge on any atom is 0.239 e. The summed E-state index contributed by atoms with van der Waals surface area (Å²) in [6.45, 7) is 0.533. The molecule has 1 saturated heterocycles. The Hall–Kier alpha value is -1.84. The van der Waals surface area contributed by atoms with Crippen molar-refractivity contribution in [3.8, 4) is 11.5 Å². The average molecular weight is 372 g/mol. The van der Waals surface area contributed by atoms with Crippen LogP contribution in [0.4, 0.5) is 5.69 Å². The molecule has 1 unspecified atom stereocenters. The number of ether oxygens (including phenoxy) is 3. The lowest BCUT2D eigenvalue weighted by atomic mass is 10.2. The molecule has 1 fully saturated rings. The normalized spacial score (nSPS) is 17.5. The van der Waals surface area contributed by atoms with Gasteiger partial charge in [-0.1, -0.05) is 0 Å². The first-order valence-electron chi connectivity index (χ1n) is 7.92. The first-order chi connectivity index (χ1) is 11.8. The van der Waals surface area contributed by atoms with Crippen molar-refractivity contribution in [1.82, 2.24) is 4.31 Å². The number of nitrogens with zero attached hydrogens (tertiary/aromatic N) is 1. The topological polar surface area (TPSA) is 94.2 Å². The van der Waals surface area contributed by atoms with Crippen LogP contribution in [0.5, 0.6) is 11.5 Å². The molecule has 140 valence electrons. The number of sulfonamides is 1. The van der Waals surface area contributed by atoms with E-state index in [0.29, 0.717) is 23.8 Å². The van der Waals surface area contributed by atoms with E-state index < -0.39 is 15.9 Å². The van der Waals surface area contributed by atoms with E-state index >= 15 is 0 Å². The number of rotatable bonds is 8. The third kappa shape index (κ3) is 5.58. The van der Waals surface area contributed by atoms with Crippen LogP contribution in [-0.2, 0) is 19.6 Å². The molecule has 8 nitrogen and oxygen atoms in total. The number of hydrogen-bond donors (Lipinski definition) is 1. The number of carbonyl (C=O) groups is 1. The van der Waals surface area contributed by atoms with Gasteiger partial charge in [-0.05, 0) is 25.0 Å². The summed E-state index contributed by atoms with van der Waals surface area (Å²) in [7, 11) is -0.500. The smallest absolute Gasteiger partial charge is 0.239 e. The Labute approximate surface area is 148 Å². The van der Waals surface area contributed by atoms with E-state index in [4.69, 9.17) is 14.2 Å². The van der Waals surface area contributed by atoms with Crippen molar-refractivity contribution in [2.45, 2.75) is 18.9 Å². The van der Waals surface area contributed by atoms with Crippen LogP contribution in [0.15, 0.2) is 18.2 Å². The maximum absolute atomic E-state index is 12.3. The minimum absolute atomic E-state index is 0.163. The first-order valence-corrected chi connectivity index (χ1v) is 9.77. The molecule has 1 atom stereocenters.